The molecule has 0 fully saturated rings. The highest BCUT2D eigenvalue weighted by Gasteiger charge is 2.13. The Morgan fingerprint density at radius 2 is 1.92 bits per heavy atom. The number of aromatic nitrogens is 3. The predicted molar refractivity (Wildman–Crippen MR) is 102 cm³/mol. The number of rotatable bonds is 6. The van der Waals surface area contributed by atoms with Gasteiger partial charge in [-0.2, -0.15) is 0 Å². The molecule has 25 heavy (non-hydrogen) atoms. The van der Waals surface area contributed by atoms with Crippen molar-refractivity contribution in [2.45, 2.75) is 31.7 Å². The Morgan fingerprint density at radius 3 is 2.68 bits per heavy atom. The van der Waals surface area contributed by atoms with Crippen LogP contribution in [0.15, 0.2) is 47.6 Å². The van der Waals surface area contributed by atoms with Crippen LogP contribution >= 0.6 is 11.8 Å². The molecule has 0 atom stereocenters. The van der Waals surface area contributed by atoms with Crippen molar-refractivity contribution in [1.82, 2.24) is 14.9 Å². The average molecular weight is 354 g/mol. The molecule has 0 saturated carbocycles. The van der Waals surface area contributed by atoms with Crippen molar-refractivity contribution in [3.05, 3.63) is 59.2 Å². The number of aryl methyl sites for hydroxylation is 2. The second kappa shape index (κ2) is 7.61. The van der Waals surface area contributed by atoms with Gasteiger partial charge in [0, 0.05) is 11.3 Å². The van der Waals surface area contributed by atoms with Crippen molar-refractivity contribution < 1.29 is 4.74 Å². The van der Waals surface area contributed by atoms with Crippen molar-refractivity contribution >= 4 is 11.8 Å². The molecule has 0 spiro atoms. The van der Waals surface area contributed by atoms with Gasteiger partial charge in [0.25, 0.3) is 0 Å². The third kappa shape index (κ3) is 3.96. The van der Waals surface area contributed by atoms with Gasteiger partial charge in [0.15, 0.2) is 5.82 Å². The first kappa shape index (κ1) is 17.4. The van der Waals surface area contributed by atoms with Crippen LogP contribution in [-0.4, -0.2) is 21.5 Å². The largest absolute Gasteiger partial charge is 0.494 e. The van der Waals surface area contributed by atoms with Gasteiger partial charge in [-0.05, 0) is 49.6 Å². The molecule has 0 radical (unpaired) electrons. The van der Waals surface area contributed by atoms with Gasteiger partial charge in [0.1, 0.15) is 5.75 Å². The zero-order valence-corrected chi connectivity index (χ0v) is 15.5. The van der Waals surface area contributed by atoms with Crippen LogP contribution in [0, 0.1) is 13.8 Å². The molecule has 0 unspecified atom stereocenters. The first-order chi connectivity index (χ1) is 12.1. The van der Waals surface area contributed by atoms with Gasteiger partial charge in [0.05, 0.1) is 6.61 Å². The van der Waals surface area contributed by atoms with E-state index in [4.69, 9.17) is 10.6 Å². The van der Waals surface area contributed by atoms with Crippen LogP contribution < -0.4 is 10.6 Å². The second-order valence-electron chi connectivity index (χ2n) is 5.84. The van der Waals surface area contributed by atoms with Gasteiger partial charge in [-0.25, -0.2) is 4.68 Å². The lowest BCUT2D eigenvalue weighted by atomic mass is 10.1. The standard InChI is InChI=1S/C19H22N4OS/c1-4-24-17-7-5-6-16(11-17)18-21-22-19(23(18)20)25-12-15-9-8-13(2)14(3)10-15/h5-11H,4,12,20H2,1-3H3. The van der Waals surface area contributed by atoms with Gasteiger partial charge >= 0.3 is 0 Å². The van der Waals surface area contributed by atoms with E-state index in [2.05, 4.69) is 42.2 Å². The van der Waals surface area contributed by atoms with E-state index in [1.807, 2.05) is 31.2 Å². The summed E-state index contributed by atoms with van der Waals surface area (Å²) in [6.07, 6.45) is 0. The summed E-state index contributed by atoms with van der Waals surface area (Å²) in [6.45, 7) is 6.82. The van der Waals surface area contributed by atoms with Crippen LogP contribution in [0.5, 0.6) is 5.75 Å². The molecule has 0 amide bonds. The fourth-order valence-electron chi connectivity index (χ4n) is 2.51. The van der Waals surface area contributed by atoms with Gasteiger partial charge in [-0.15, -0.1) is 10.2 Å². The SMILES string of the molecule is CCOc1cccc(-c2nnc(SCc3ccc(C)c(C)c3)n2N)c1. The lowest BCUT2D eigenvalue weighted by molar-refractivity contribution is 0.340. The zero-order chi connectivity index (χ0) is 17.8. The summed E-state index contributed by atoms with van der Waals surface area (Å²) in [5, 5.41) is 9.17. The molecular formula is C19H22N4OS. The molecule has 0 bridgehead atoms. The molecule has 6 heteroatoms. The van der Waals surface area contributed by atoms with E-state index in [-0.39, 0.29) is 0 Å². The fourth-order valence-corrected chi connectivity index (χ4v) is 3.30. The smallest absolute Gasteiger partial charge is 0.210 e. The molecular weight excluding hydrogens is 332 g/mol. The number of hydrogen-bond donors (Lipinski definition) is 1. The molecule has 5 nitrogen and oxygen atoms in total. The van der Waals surface area contributed by atoms with Crippen molar-refractivity contribution in [3.8, 4) is 17.1 Å². The molecule has 130 valence electrons. The molecule has 2 aromatic carbocycles. The summed E-state index contributed by atoms with van der Waals surface area (Å²) < 4.78 is 7.08. The highest BCUT2D eigenvalue weighted by Crippen LogP contribution is 2.26. The molecule has 3 aromatic rings. The summed E-state index contributed by atoms with van der Waals surface area (Å²) in [5.41, 5.74) is 4.72. The maximum absolute atomic E-state index is 6.21. The maximum atomic E-state index is 6.21. The van der Waals surface area contributed by atoms with E-state index in [1.165, 1.54) is 21.4 Å². The molecule has 1 aromatic heterocycles. The van der Waals surface area contributed by atoms with Crippen molar-refractivity contribution in [1.29, 1.82) is 0 Å². The zero-order valence-electron chi connectivity index (χ0n) is 14.7. The average Bonchev–Trinajstić information content (AvgIpc) is 2.97. The minimum Gasteiger partial charge on any atom is -0.494 e. The topological polar surface area (TPSA) is 66.0 Å². The Morgan fingerprint density at radius 1 is 1.08 bits per heavy atom. The van der Waals surface area contributed by atoms with E-state index >= 15 is 0 Å². The highest BCUT2D eigenvalue weighted by atomic mass is 32.2. The maximum Gasteiger partial charge on any atom is 0.210 e. The number of nitrogens with zero attached hydrogens (tertiary/aromatic N) is 3. The van der Waals surface area contributed by atoms with E-state index < -0.39 is 0 Å². The lowest BCUT2D eigenvalue weighted by Crippen LogP contribution is -2.11. The van der Waals surface area contributed by atoms with Crippen LogP contribution in [0.4, 0.5) is 0 Å². The quantitative estimate of drug-likeness (QED) is 0.536. The molecule has 0 aliphatic carbocycles. The van der Waals surface area contributed by atoms with E-state index in [0.717, 1.165) is 17.1 Å². The van der Waals surface area contributed by atoms with E-state index in [9.17, 15) is 0 Å². The minimum absolute atomic E-state index is 0.621. The summed E-state index contributed by atoms with van der Waals surface area (Å²) in [7, 11) is 0. The van der Waals surface area contributed by atoms with Crippen molar-refractivity contribution in [3.63, 3.8) is 0 Å². The Kier molecular flexibility index (Phi) is 5.28. The minimum atomic E-state index is 0.621. The van der Waals surface area contributed by atoms with Gasteiger partial charge in [-0.1, -0.05) is 42.1 Å². The molecule has 0 saturated heterocycles. The van der Waals surface area contributed by atoms with E-state index in [1.54, 1.807) is 11.8 Å². The lowest BCUT2D eigenvalue weighted by Gasteiger charge is -2.07. The highest BCUT2D eigenvalue weighted by molar-refractivity contribution is 7.98. The third-order valence-corrected chi connectivity index (χ3v) is 5.02. The number of thioether (sulfide) groups is 1. The van der Waals surface area contributed by atoms with Crippen molar-refractivity contribution in [2.75, 3.05) is 12.4 Å². The van der Waals surface area contributed by atoms with Gasteiger partial charge < -0.3 is 10.6 Å². The molecule has 0 aliphatic rings. The third-order valence-electron chi connectivity index (χ3n) is 4.01. The van der Waals surface area contributed by atoms with Crippen LogP contribution in [0.25, 0.3) is 11.4 Å². The molecule has 1 heterocycles. The normalized spacial score (nSPS) is 10.8. The first-order valence-corrected chi connectivity index (χ1v) is 9.19. The van der Waals surface area contributed by atoms with Crippen LogP contribution in [0.1, 0.15) is 23.6 Å². The number of ether oxygens (including phenoxy) is 1. The van der Waals surface area contributed by atoms with Crippen LogP contribution in [0.3, 0.4) is 0 Å². The first-order valence-electron chi connectivity index (χ1n) is 8.21. The number of benzene rings is 2. The molecule has 0 aliphatic heterocycles. The van der Waals surface area contributed by atoms with Gasteiger partial charge in [-0.3, -0.25) is 0 Å². The Bertz CT molecular complexity index is 876. The molecule has 3 rings (SSSR count). The van der Waals surface area contributed by atoms with Gasteiger partial charge in [0.2, 0.25) is 5.16 Å². The Labute approximate surface area is 152 Å². The summed E-state index contributed by atoms with van der Waals surface area (Å²) in [5.74, 6) is 8.44. The van der Waals surface area contributed by atoms with Crippen LogP contribution in [0.2, 0.25) is 0 Å². The second-order valence-corrected chi connectivity index (χ2v) is 6.79. The predicted octanol–water partition coefficient (Wildman–Crippen LogP) is 3.97. The number of nitrogen functional groups attached to an aromatic ring is 1. The summed E-state index contributed by atoms with van der Waals surface area (Å²) >= 11 is 1.58. The summed E-state index contributed by atoms with van der Waals surface area (Å²) in [4.78, 5) is 0. The number of hydrogen-bond acceptors (Lipinski definition) is 5. The van der Waals surface area contributed by atoms with E-state index in [0.29, 0.717) is 17.6 Å². The van der Waals surface area contributed by atoms with Crippen LogP contribution in [-0.2, 0) is 5.75 Å². The Hall–Kier alpha value is -2.47. The molecule has 2 N–H and O–H groups in total. The fraction of sp³-hybridized carbons (Fsp3) is 0.263. The van der Waals surface area contributed by atoms with Crippen molar-refractivity contribution in [2.24, 2.45) is 0 Å². The monoisotopic (exact) mass is 354 g/mol. The summed E-state index contributed by atoms with van der Waals surface area (Å²) in [6, 6.07) is 14.2. The Balaban J connectivity index is 1.76. The number of nitrogens with two attached hydrogens (primary N) is 1.